The van der Waals surface area contributed by atoms with Gasteiger partial charge in [-0.15, -0.1) is 4.72 Å². The number of carbonyl (C=O) groups is 1. The summed E-state index contributed by atoms with van der Waals surface area (Å²) in [7, 11) is 0. The van der Waals surface area contributed by atoms with Crippen LogP contribution in [-0.2, 0) is 20.9 Å². The van der Waals surface area contributed by atoms with Gasteiger partial charge < -0.3 is 9.29 Å². The van der Waals surface area contributed by atoms with Crippen LogP contribution >= 0.6 is 15.9 Å². The maximum absolute atomic E-state index is 14.3. The van der Waals surface area contributed by atoms with Gasteiger partial charge >= 0.3 is 5.97 Å². The number of benzene rings is 1. The fourth-order valence-corrected chi connectivity index (χ4v) is 3.44. The third-order valence-electron chi connectivity index (χ3n) is 2.99. The molecule has 1 aromatic rings. The molecule has 0 aliphatic rings. The summed E-state index contributed by atoms with van der Waals surface area (Å²) in [6.45, 7) is 10.4. The Kier molecular flexibility index (Phi) is 7.44. The molecule has 0 saturated carbocycles. The molecule has 1 unspecified atom stereocenters. The zero-order valence-electron chi connectivity index (χ0n) is 15.2. The second kappa shape index (κ2) is 8.33. The SMILES string of the molecule is CC(C)(C)OC(=O)C[C@@H](N[S+]([O-])C(C)(C)C)c1c(F)cc(F)cc1Br. The Bertz CT molecular complexity index is 606. The molecule has 1 N–H and O–H groups in total. The molecule has 0 aromatic heterocycles. The molecule has 0 fully saturated rings. The van der Waals surface area contributed by atoms with E-state index >= 15 is 0 Å². The summed E-state index contributed by atoms with van der Waals surface area (Å²) < 4.78 is 47.7. The zero-order chi connectivity index (χ0) is 19.6. The minimum absolute atomic E-state index is 0.0323. The van der Waals surface area contributed by atoms with Crippen molar-refractivity contribution in [2.45, 2.75) is 64.4 Å². The first-order valence-corrected chi connectivity index (χ1v) is 9.69. The normalized spacial score (nSPS) is 15.0. The van der Waals surface area contributed by atoms with Crippen molar-refractivity contribution >= 4 is 33.3 Å². The number of esters is 1. The van der Waals surface area contributed by atoms with Crippen molar-refractivity contribution < 1.29 is 22.9 Å². The lowest BCUT2D eigenvalue weighted by Crippen LogP contribution is -2.42. The fraction of sp³-hybridized carbons (Fsp3) is 0.588. The van der Waals surface area contributed by atoms with Crippen molar-refractivity contribution in [1.29, 1.82) is 0 Å². The highest BCUT2D eigenvalue weighted by molar-refractivity contribution is 9.10. The molecule has 0 spiro atoms. The van der Waals surface area contributed by atoms with E-state index in [1.165, 1.54) is 0 Å². The summed E-state index contributed by atoms with van der Waals surface area (Å²) in [5.74, 6) is -2.16. The van der Waals surface area contributed by atoms with E-state index in [0.29, 0.717) is 0 Å². The Hall–Kier alpha value is -0.700. The summed E-state index contributed by atoms with van der Waals surface area (Å²) in [5.41, 5.74) is -0.673. The lowest BCUT2D eigenvalue weighted by molar-refractivity contribution is -0.155. The maximum atomic E-state index is 14.3. The second-order valence-electron chi connectivity index (χ2n) is 7.63. The molecule has 25 heavy (non-hydrogen) atoms. The van der Waals surface area contributed by atoms with E-state index in [1.54, 1.807) is 41.5 Å². The molecule has 4 nitrogen and oxygen atoms in total. The van der Waals surface area contributed by atoms with Crippen LogP contribution in [0, 0.1) is 11.6 Å². The molecule has 0 saturated heterocycles. The van der Waals surface area contributed by atoms with Crippen molar-refractivity contribution in [3.8, 4) is 0 Å². The van der Waals surface area contributed by atoms with E-state index in [1.807, 2.05) is 0 Å². The Balaban J connectivity index is 3.18. The van der Waals surface area contributed by atoms with Gasteiger partial charge in [0, 0.05) is 27.5 Å². The Morgan fingerprint density at radius 2 is 1.84 bits per heavy atom. The Morgan fingerprint density at radius 3 is 2.28 bits per heavy atom. The number of rotatable bonds is 5. The quantitative estimate of drug-likeness (QED) is 0.539. The highest BCUT2D eigenvalue weighted by Crippen LogP contribution is 2.32. The third kappa shape index (κ3) is 7.21. The lowest BCUT2D eigenvalue weighted by Gasteiger charge is -2.29. The smallest absolute Gasteiger partial charge is 0.308 e. The molecule has 0 aliphatic heterocycles. The summed E-state index contributed by atoms with van der Waals surface area (Å²) in [6, 6.07) is 0.886. The fourth-order valence-electron chi connectivity index (χ4n) is 1.94. The van der Waals surface area contributed by atoms with Crippen LogP contribution in [0.2, 0.25) is 0 Å². The third-order valence-corrected chi connectivity index (χ3v) is 5.26. The Morgan fingerprint density at radius 1 is 1.28 bits per heavy atom. The van der Waals surface area contributed by atoms with Gasteiger partial charge in [0.25, 0.3) is 0 Å². The summed E-state index contributed by atoms with van der Waals surface area (Å²) in [4.78, 5) is 12.2. The molecule has 0 bridgehead atoms. The largest absolute Gasteiger partial charge is 0.598 e. The lowest BCUT2D eigenvalue weighted by atomic mass is 10.0. The first kappa shape index (κ1) is 22.3. The molecular weight excluding hydrogens is 416 g/mol. The molecular formula is C17H24BrF2NO3S. The predicted molar refractivity (Wildman–Crippen MR) is 98.3 cm³/mol. The van der Waals surface area contributed by atoms with Gasteiger partial charge in [-0.3, -0.25) is 4.79 Å². The van der Waals surface area contributed by atoms with E-state index in [9.17, 15) is 18.1 Å². The molecule has 8 heteroatoms. The van der Waals surface area contributed by atoms with Crippen LogP contribution in [0.1, 0.15) is 59.6 Å². The van der Waals surface area contributed by atoms with E-state index in [2.05, 4.69) is 20.7 Å². The van der Waals surface area contributed by atoms with Gasteiger partial charge in [-0.2, -0.15) is 0 Å². The number of hydrogen-bond donors (Lipinski definition) is 1. The zero-order valence-corrected chi connectivity index (χ0v) is 17.6. The van der Waals surface area contributed by atoms with Crippen molar-refractivity contribution in [1.82, 2.24) is 4.72 Å². The standard InChI is InChI=1S/C17H24BrF2NO3S/c1-16(2,3)24-14(22)9-13(21-25(23)17(4,5)6)15-11(18)7-10(19)8-12(15)20/h7-8,13,21H,9H2,1-6H3/t13-,25?/m1/s1. The van der Waals surface area contributed by atoms with E-state index in [0.717, 1.165) is 12.1 Å². The highest BCUT2D eigenvalue weighted by atomic mass is 79.9. The molecule has 142 valence electrons. The topological polar surface area (TPSA) is 61.4 Å². The highest BCUT2D eigenvalue weighted by Gasteiger charge is 2.34. The number of halogens is 3. The van der Waals surface area contributed by atoms with Crippen LogP contribution in [0.15, 0.2) is 16.6 Å². The average Bonchev–Trinajstić information content (AvgIpc) is 2.33. The van der Waals surface area contributed by atoms with Gasteiger partial charge in [0.15, 0.2) is 0 Å². The van der Waals surface area contributed by atoms with Gasteiger partial charge in [-0.1, -0.05) is 15.9 Å². The van der Waals surface area contributed by atoms with E-state index in [4.69, 9.17) is 4.74 Å². The number of ether oxygens (including phenoxy) is 1. The van der Waals surface area contributed by atoms with Crippen molar-refractivity contribution in [2.24, 2.45) is 0 Å². The van der Waals surface area contributed by atoms with Crippen LogP contribution in [0.25, 0.3) is 0 Å². The van der Waals surface area contributed by atoms with Gasteiger partial charge in [-0.25, -0.2) is 8.78 Å². The molecule has 0 heterocycles. The monoisotopic (exact) mass is 439 g/mol. The molecule has 0 aliphatic carbocycles. The van der Waals surface area contributed by atoms with Crippen molar-refractivity contribution in [2.75, 3.05) is 0 Å². The number of hydrogen-bond acceptors (Lipinski definition) is 4. The molecule has 0 amide bonds. The summed E-state index contributed by atoms with van der Waals surface area (Å²) in [6.07, 6.45) is -0.250. The van der Waals surface area contributed by atoms with Gasteiger partial charge in [0.2, 0.25) is 0 Å². The van der Waals surface area contributed by atoms with E-state index < -0.39 is 45.4 Å². The van der Waals surface area contributed by atoms with Crippen LogP contribution in [0.5, 0.6) is 0 Å². The Labute approximate surface area is 159 Å². The number of carbonyl (C=O) groups excluding carboxylic acids is 1. The first-order chi connectivity index (χ1) is 11.2. The van der Waals surface area contributed by atoms with Gasteiger partial charge in [0.05, 0.1) is 12.5 Å². The van der Waals surface area contributed by atoms with Crippen LogP contribution in [0.4, 0.5) is 8.78 Å². The summed E-state index contributed by atoms with van der Waals surface area (Å²) >= 11 is 1.55. The van der Waals surface area contributed by atoms with Crippen LogP contribution in [-0.4, -0.2) is 20.9 Å². The predicted octanol–water partition coefficient (Wildman–Crippen LogP) is 4.55. The average molecular weight is 440 g/mol. The van der Waals surface area contributed by atoms with E-state index in [-0.39, 0.29) is 16.5 Å². The van der Waals surface area contributed by atoms with Crippen LogP contribution in [0.3, 0.4) is 0 Å². The molecule has 2 atom stereocenters. The molecule has 1 aromatic carbocycles. The first-order valence-electron chi connectivity index (χ1n) is 7.75. The van der Waals surface area contributed by atoms with Crippen molar-refractivity contribution in [3.63, 3.8) is 0 Å². The maximum Gasteiger partial charge on any atom is 0.308 e. The van der Waals surface area contributed by atoms with Gasteiger partial charge in [0.1, 0.15) is 22.0 Å². The second-order valence-corrected chi connectivity index (χ2v) is 10.5. The number of nitrogens with one attached hydrogen (secondary N) is 1. The molecule has 0 radical (unpaired) electrons. The minimum atomic E-state index is -1.57. The molecule has 1 rings (SSSR count). The van der Waals surface area contributed by atoms with Crippen LogP contribution < -0.4 is 4.72 Å². The minimum Gasteiger partial charge on any atom is -0.598 e. The van der Waals surface area contributed by atoms with Crippen molar-refractivity contribution in [3.05, 3.63) is 33.8 Å². The summed E-state index contributed by atoms with van der Waals surface area (Å²) in [5, 5.41) is 0. The van der Waals surface area contributed by atoms with Gasteiger partial charge in [-0.05, 0) is 47.6 Å².